The van der Waals surface area contributed by atoms with Crippen LogP contribution in [0.15, 0.2) is 37.1 Å². The average molecular weight is 183 g/mol. The first kappa shape index (κ1) is 14.0. The number of nitrogens with one attached hydrogen (secondary N) is 1. The number of carboxylic acids is 1. The van der Waals surface area contributed by atoms with Gasteiger partial charge < -0.3 is 10.4 Å². The number of hydrogen-bond donors (Lipinski definition) is 2. The topological polar surface area (TPSA) is 49.3 Å². The third kappa shape index (κ3) is 10.5. The average Bonchev–Trinajstić information content (AvgIpc) is 2.15. The van der Waals surface area contributed by atoms with Crippen molar-refractivity contribution in [2.45, 2.75) is 13.8 Å². The monoisotopic (exact) mass is 183 g/mol. The van der Waals surface area contributed by atoms with Crippen LogP contribution in [0.5, 0.6) is 0 Å². The van der Waals surface area contributed by atoms with Crippen molar-refractivity contribution in [3.63, 3.8) is 0 Å². The van der Waals surface area contributed by atoms with Crippen molar-refractivity contribution < 1.29 is 9.90 Å². The van der Waals surface area contributed by atoms with E-state index in [4.69, 9.17) is 5.11 Å². The summed E-state index contributed by atoms with van der Waals surface area (Å²) in [6.45, 7) is 10.8. The van der Waals surface area contributed by atoms with Crippen molar-refractivity contribution in [3.05, 3.63) is 37.1 Å². The minimum absolute atomic E-state index is 0.105. The lowest BCUT2D eigenvalue weighted by atomic mass is 10.4. The number of rotatable bonds is 5. The fourth-order valence-corrected chi connectivity index (χ4v) is 0.504. The van der Waals surface area contributed by atoms with Gasteiger partial charge in [0.15, 0.2) is 0 Å². The van der Waals surface area contributed by atoms with Gasteiger partial charge in [-0.2, -0.15) is 0 Å². The highest BCUT2D eigenvalue weighted by Crippen LogP contribution is 1.88. The predicted octanol–water partition coefficient (Wildman–Crippen LogP) is 1.94. The summed E-state index contributed by atoms with van der Waals surface area (Å²) in [4.78, 5) is 10.1. The minimum atomic E-state index is -0.901. The van der Waals surface area contributed by atoms with Crippen LogP contribution in [0.25, 0.3) is 0 Å². The molecule has 74 valence electrons. The minimum Gasteiger partial charge on any atom is -0.480 e. The summed E-state index contributed by atoms with van der Waals surface area (Å²) in [7, 11) is 0. The molecule has 0 aliphatic carbocycles. The van der Waals surface area contributed by atoms with E-state index in [0.717, 1.165) is 0 Å². The Kier molecular flexibility index (Phi) is 11.3. The smallest absolute Gasteiger partial charge is 0.322 e. The molecule has 3 nitrogen and oxygen atoms in total. The zero-order chi connectivity index (χ0) is 10.7. The Morgan fingerprint density at radius 3 is 2.31 bits per heavy atom. The van der Waals surface area contributed by atoms with E-state index in [0.29, 0.717) is 5.70 Å². The van der Waals surface area contributed by atoms with E-state index in [1.165, 1.54) is 6.08 Å². The first-order chi connectivity index (χ1) is 6.20. The van der Waals surface area contributed by atoms with Crippen molar-refractivity contribution in [2.75, 3.05) is 6.54 Å². The Balaban J connectivity index is 0. The molecule has 0 amide bonds. The van der Waals surface area contributed by atoms with E-state index < -0.39 is 5.97 Å². The number of aliphatic carboxylic acids is 1. The van der Waals surface area contributed by atoms with Gasteiger partial charge in [-0.3, -0.25) is 4.79 Å². The van der Waals surface area contributed by atoms with Crippen LogP contribution in [0, 0.1) is 0 Å². The van der Waals surface area contributed by atoms with Gasteiger partial charge in [0, 0.05) is 5.70 Å². The molecule has 0 spiro atoms. The number of hydrogen-bond acceptors (Lipinski definition) is 2. The van der Waals surface area contributed by atoms with Gasteiger partial charge in [0.1, 0.15) is 6.54 Å². The number of allylic oxidation sites excluding steroid dienone is 3. The van der Waals surface area contributed by atoms with Crippen LogP contribution in [0.3, 0.4) is 0 Å². The third-order valence-electron chi connectivity index (χ3n) is 0.961. The van der Waals surface area contributed by atoms with E-state index >= 15 is 0 Å². The lowest BCUT2D eigenvalue weighted by Gasteiger charge is -2.01. The van der Waals surface area contributed by atoms with Crippen molar-refractivity contribution in [1.82, 2.24) is 5.32 Å². The summed E-state index contributed by atoms with van der Waals surface area (Å²) in [6, 6.07) is 0. The molecule has 0 heterocycles. The van der Waals surface area contributed by atoms with Gasteiger partial charge >= 0.3 is 5.97 Å². The van der Waals surface area contributed by atoms with E-state index in [-0.39, 0.29) is 6.54 Å². The number of carbonyl (C=O) groups is 1. The van der Waals surface area contributed by atoms with Crippen LogP contribution in [0.1, 0.15) is 13.8 Å². The second-order valence-corrected chi connectivity index (χ2v) is 1.81. The Hall–Kier alpha value is -1.51. The van der Waals surface area contributed by atoms with Crippen molar-refractivity contribution in [1.29, 1.82) is 0 Å². The predicted molar refractivity (Wildman–Crippen MR) is 55.5 cm³/mol. The van der Waals surface area contributed by atoms with Gasteiger partial charge in [-0.1, -0.05) is 33.1 Å². The standard InChI is InChI=1S/C8H11NO2.C2H6/c1-3-5-7(4-2)9-6-8(10)11;1-2/h3-5,9H,1-2,6H2,(H,10,11);1-2H3/b7-5+;. The lowest BCUT2D eigenvalue weighted by molar-refractivity contribution is -0.135. The third-order valence-corrected chi connectivity index (χ3v) is 0.961. The van der Waals surface area contributed by atoms with Crippen molar-refractivity contribution in [2.24, 2.45) is 0 Å². The molecule has 0 aliphatic rings. The summed E-state index contributed by atoms with van der Waals surface area (Å²) in [5.74, 6) is -0.901. The lowest BCUT2D eigenvalue weighted by Crippen LogP contribution is -2.20. The first-order valence-corrected chi connectivity index (χ1v) is 4.11. The molecular formula is C10H17NO2. The molecule has 0 unspecified atom stereocenters. The van der Waals surface area contributed by atoms with Gasteiger partial charge in [0.05, 0.1) is 0 Å². The molecule has 0 saturated heterocycles. The molecule has 0 rings (SSSR count). The SMILES string of the molecule is C=C/C=C(\C=C)NCC(=O)O.CC. The van der Waals surface area contributed by atoms with E-state index in [9.17, 15) is 4.79 Å². The van der Waals surface area contributed by atoms with Gasteiger partial charge in [-0.25, -0.2) is 0 Å². The van der Waals surface area contributed by atoms with E-state index in [1.54, 1.807) is 12.2 Å². The molecule has 0 aromatic carbocycles. The van der Waals surface area contributed by atoms with E-state index in [2.05, 4.69) is 18.5 Å². The van der Waals surface area contributed by atoms with Crippen LogP contribution in [-0.4, -0.2) is 17.6 Å². The van der Waals surface area contributed by atoms with Crippen LogP contribution in [-0.2, 0) is 4.79 Å². The Labute approximate surface area is 79.5 Å². The van der Waals surface area contributed by atoms with Crippen LogP contribution in [0.2, 0.25) is 0 Å². The summed E-state index contributed by atoms with van der Waals surface area (Å²) in [6.07, 6.45) is 4.74. The van der Waals surface area contributed by atoms with Gasteiger partial charge in [-0.15, -0.1) is 0 Å². The van der Waals surface area contributed by atoms with Gasteiger partial charge in [0.2, 0.25) is 0 Å². The van der Waals surface area contributed by atoms with Gasteiger partial charge in [0.25, 0.3) is 0 Å². The van der Waals surface area contributed by atoms with Crippen LogP contribution < -0.4 is 5.32 Å². The number of carboxylic acid groups (broad SMARTS) is 1. The Morgan fingerprint density at radius 1 is 1.46 bits per heavy atom. The molecule has 0 aromatic rings. The molecule has 3 heteroatoms. The van der Waals surface area contributed by atoms with Crippen LogP contribution in [0.4, 0.5) is 0 Å². The summed E-state index contributed by atoms with van der Waals surface area (Å²) < 4.78 is 0. The molecule has 0 atom stereocenters. The molecule has 13 heavy (non-hydrogen) atoms. The molecule has 0 fully saturated rings. The maximum Gasteiger partial charge on any atom is 0.322 e. The second-order valence-electron chi connectivity index (χ2n) is 1.81. The van der Waals surface area contributed by atoms with Crippen molar-refractivity contribution >= 4 is 5.97 Å². The highest BCUT2D eigenvalue weighted by atomic mass is 16.4. The Morgan fingerprint density at radius 2 is 2.00 bits per heavy atom. The Bertz CT molecular complexity index is 195. The molecule has 0 saturated carbocycles. The summed E-state index contributed by atoms with van der Waals surface area (Å²) in [5, 5.41) is 10.9. The quantitative estimate of drug-likeness (QED) is 0.640. The summed E-state index contributed by atoms with van der Waals surface area (Å²) >= 11 is 0. The summed E-state index contributed by atoms with van der Waals surface area (Å²) in [5.41, 5.74) is 0.655. The van der Waals surface area contributed by atoms with Gasteiger partial charge in [-0.05, 0) is 12.2 Å². The normalized spacial score (nSPS) is 9.23. The fourth-order valence-electron chi connectivity index (χ4n) is 0.504. The first-order valence-electron chi connectivity index (χ1n) is 4.11. The maximum atomic E-state index is 10.1. The fraction of sp³-hybridized carbons (Fsp3) is 0.300. The largest absolute Gasteiger partial charge is 0.480 e. The van der Waals surface area contributed by atoms with Crippen LogP contribution >= 0.6 is 0 Å². The molecular weight excluding hydrogens is 166 g/mol. The molecule has 0 aliphatic heterocycles. The molecule has 0 radical (unpaired) electrons. The highest BCUT2D eigenvalue weighted by molar-refractivity contribution is 5.69. The maximum absolute atomic E-state index is 10.1. The molecule has 0 bridgehead atoms. The molecule has 2 N–H and O–H groups in total. The van der Waals surface area contributed by atoms with E-state index in [1.807, 2.05) is 13.8 Å². The molecule has 0 aromatic heterocycles. The van der Waals surface area contributed by atoms with Crippen molar-refractivity contribution in [3.8, 4) is 0 Å². The highest BCUT2D eigenvalue weighted by Gasteiger charge is 1.94. The second kappa shape index (κ2) is 10.5. The zero-order valence-corrected chi connectivity index (χ0v) is 8.21. The zero-order valence-electron chi connectivity index (χ0n) is 8.21.